The highest BCUT2D eigenvalue weighted by atomic mass is 16.3. The molecule has 5 heteroatoms. The number of nitrogens with zero attached hydrogens (tertiary/aromatic N) is 3. The van der Waals surface area contributed by atoms with Crippen molar-refractivity contribution in [2.24, 2.45) is 0 Å². The Morgan fingerprint density at radius 1 is 0.909 bits per heavy atom. The van der Waals surface area contributed by atoms with Gasteiger partial charge in [0, 0.05) is 26.2 Å². The SMILES string of the molecule is CC(C)(C)c1ccc(CN(Cc2ccccc2)Cc2nc(C(=O)N3CCCCC3)co2)cc1. The smallest absolute Gasteiger partial charge is 0.275 e. The molecule has 1 aliphatic heterocycles. The molecule has 0 atom stereocenters. The fourth-order valence-electron chi connectivity index (χ4n) is 4.31. The number of amides is 1. The van der Waals surface area contributed by atoms with Crippen LogP contribution in [0.4, 0.5) is 0 Å². The number of hydrogen-bond acceptors (Lipinski definition) is 4. The molecular formula is C28H35N3O2. The normalized spacial score (nSPS) is 14.6. The molecule has 2 heterocycles. The van der Waals surface area contributed by atoms with Crippen LogP contribution in [0.5, 0.6) is 0 Å². The van der Waals surface area contributed by atoms with Crippen molar-refractivity contribution in [1.29, 1.82) is 0 Å². The molecule has 0 spiro atoms. The maximum Gasteiger partial charge on any atom is 0.275 e. The van der Waals surface area contributed by atoms with Crippen LogP contribution in [0.2, 0.25) is 0 Å². The van der Waals surface area contributed by atoms with E-state index in [4.69, 9.17) is 4.42 Å². The van der Waals surface area contributed by atoms with E-state index in [1.807, 2.05) is 11.0 Å². The minimum atomic E-state index is -0.0166. The van der Waals surface area contributed by atoms with Crippen molar-refractivity contribution in [1.82, 2.24) is 14.8 Å². The van der Waals surface area contributed by atoms with Crippen LogP contribution in [-0.4, -0.2) is 33.8 Å². The van der Waals surface area contributed by atoms with E-state index in [9.17, 15) is 4.79 Å². The Morgan fingerprint density at radius 2 is 1.55 bits per heavy atom. The molecule has 2 aromatic carbocycles. The number of carbonyl (C=O) groups is 1. The van der Waals surface area contributed by atoms with E-state index >= 15 is 0 Å². The van der Waals surface area contributed by atoms with Crippen LogP contribution in [0.15, 0.2) is 65.3 Å². The zero-order chi connectivity index (χ0) is 23.3. The molecule has 1 aromatic heterocycles. The predicted octanol–water partition coefficient (Wildman–Crippen LogP) is 5.80. The molecule has 1 saturated heterocycles. The molecule has 0 unspecified atom stereocenters. The first kappa shape index (κ1) is 23.2. The van der Waals surface area contributed by atoms with Crippen molar-refractivity contribution in [3.05, 3.63) is 89.1 Å². The highest BCUT2D eigenvalue weighted by Crippen LogP contribution is 2.23. The molecule has 3 aromatic rings. The number of aromatic nitrogens is 1. The summed E-state index contributed by atoms with van der Waals surface area (Å²) in [6.45, 7) is 10.4. The topological polar surface area (TPSA) is 49.6 Å². The van der Waals surface area contributed by atoms with Gasteiger partial charge in [-0.1, -0.05) is 75.4 Å². The molecule has 0 bridgehead atoms. The molecule has 1 fully saturated rings. The third kappa shape index (κ3) is 6.32. The first-order valence-electron chi connectivity index (χ1n) is 12.0. The minimum absolute atomic E-state index is 0.0166. The van der Waals surface area contributed by atoms with Gasteiger partial charge in [-0.25, -0.2) is 4.98 Å². The summed E-state index contributed by atoms with van der Waals surface area (Å²) in [5.41, 5.74) is 4.36. The Hall–Kier alpha value is -2.92. The lowest BCUT2D eigenvalue weighted by molar-refractivity contribution is 0.0718. The van der Waals surface area contributed by atoms with Crippen LogP contribution in [0.25, 0.3) is 0 Å². The van der Waals surface area contributed by atoms with E-state index in [1.54, 1.807) is 0 Å². The Bertz CT molecular complexity index is 1030. The second kappa shape index (κ2) is 10.3. The zero-order valence-electron chi connectivity index (χ0n) is 20.1. The highest BCUT2D eigenvalue weighted by molar-refractivity contribution is 5.92. The van der Waals surface area contributed by atoms with Crippen LogP contribution in [0.1, 0.15) is 73.1 Å². The summed E-state index contributed by atoms with van der Waals surface area (Å²) in [7, 11) is 0. The van der Waals surface area contributed by atoms with Crippen molar-refractivity contribution in [2.75, 3.05) is 13.1 Å². The Morgan fingerprint density at radius 3 is 2.18 bits per heavy atom. The van der Waals surface area contributed by atoms with E-state index in [1.165, 1.54) is 29.4 Å². The molecule has 0 saturated carbocycles. The number of likely N-dealkylation sites (tertiary alicyclic amines) is 1. The van der Waals surface area contributed by atoms with E-state index in [2.05, 4.69) is 79.2 Å². The summed E-state index contributed by atoms with van der Waals surface area (Å²) in [4.78, 5) is 21.5. The lowest BCUT2D eigenvalue weighted by Gasteiger charge is -2.25. The van der Waals surface area contributed by atoms with Gasteiger partial charge in [0.2, 0.25) is 5.89 Å². The van der Waals surface area contributed by atoms with Gasteiger partial charge in [-0.2, -0.15) is 0 Å². The van der Waals surface area contributed by atoms with Crippen LogP contribution in [0.3, 0.4) is 0 Å². The predicted molar refractivity (Wildman–Crippen MR) is 131 cm³/mol. The van der Waals surface area contributed by atoms with Crippen molar-refractivity contribution in [3.63, 3.8) is 0 Å². The fraction of sp³-hybridized carbons (Fsp3) is 0.429. The van der Waals surface area contributed by atoms with E-state index in [0.29, 0.717) is 18.1 Å². The largest absolute Gasteiger partial charge is 0.447 e. The first-order chi connectivity index (χ1) is 15.9. The van der Waals surface area contributed by atoms with Gasteiger partial charge < -0.3 is 9.32 Å². The maximum absolute atomic E-state index is 12.8. The lowest BCUT2D eigenvalue weighted by Crippen LogP contribution is -2.35. The minimum Gasteiger partial charge on any atom is -0.447 e. The zero-order valence-corrected chi connectivity index (χ0v) is 20.1. The molecule has 4 rings (SSSR count). The Kier molecular flexibility index (Phi) is 7.29. The maximum atomic E-state index is 12.8. The molecule has 1 aliphatic rings. The summed E-state index contributed by atoms with van der Waals surface area (Å²) in [5, 5.41) is 0. The Labute approximate surface area is 197 Å². The van der Waals surface area contributed by atoms with E-state index in [0.717, 1.165) is 39.0 Å². The second-order valence-corrected chi connectivity index (χ2v) is 10.1. The van der Waals surface area contributed by atoms with Gasteiger partial charge in [0.15, 0.2) is 5.69 Å². The summed E-state index contributed by atoms with van der Waals surface area (Å²) in [5.74, 6) is 0.565. The van der Waals surface area contributed by atoms with Crippen molar-refractivity contribution >= 4 is 5.91 Å². The van der Waals surface area contributed by atoms with Crippen LogP contribution >= 0.6 is 0 Å². The average molecular weight is 446 g/mol. The van der Waals surface area contributed by atoms with Crippen LogP contribution < -0.4 is 0 Å². The molecule has 33 heavy (non-hydrogen) atoms. The summed E-state index contributed by atoms with van der Waals surface area (Å²) in [6, 6.07) is 19.3. The van der Waals surface area contributed by atoms with Crippen molar-refractivity contribution in [3.8, 4) is 0 Å². The average Bonchev–Trinajstić information content (AvgIpc) is 3.28. The van der Waals surface area contributed by atoms with Gasteiger partial charge in [0.1, 0.15) is 6.26 Å². The number of carbonyl (C=O) groups excluding carboxylic acids is 1. The first-order valence-corrected chi connectivity index (χ1v) is 12.0. The monoisotopic (exact) mass is 445 g/mol. The lowest BCUT2D eigenvalue weighted by atomic mass is 9.87. The number of rotatable bonds is 7. The summed E-state index contributed by atoms with van der Waals surface area (Å²) in [6.07, 6.45) is 4.84. The van der Waals surface area contributed by atoms with Crippen molar-refractivity contribution < 1.29 is 9.21 Å². The number of oxazole rings is 1. The third-order valence-electron chi connectivity index (χ3n) is 6.25. The summed E-state index contributed by atoms with van der Waals surface area (Å²) >= 11 is 0. The number of benzene rings is 2. The molecule has 5 nitrogen and oxygen atoms in total. The fourth-order valence-corrected chi connectivity index (χ4v) is 4.31. The van der Waals surface area contributed by atoms with Gasteiger partial charge >= 0.3 is 0 Å². The van der Waals surface area contributed by atoms with E-state index < -0.39 is 0 Å². The Balaban J connectivity index is 1.48. The van der Waals surface area contributed by atoms with Gasteiger partial charge in [-0.15, -0.1) is 0 Å². The van der Waals surface area contributed by atoms with Gasteiger partial charge in [0.05, 0.1) is 6.54 Å². The molecule has 0 radical (unpaired) electrons. The second-order valence-electron chi connectivity index (χ2n) is 10.1. The molecule has 0 aliphatic carbocycles. The standard InChI is InChI=1S/C28H35N3O2/c1-28(2,3)24-14-12-23(13-15-24)19-30(18-22-10-6-4-7-11-22)20-26-29-25(21-33-26)27(32)31-16-8-5-9-17-31/h4,6-7,10-15,21H,5,8-9,16-20H2,1-3H3. The molecular weight excluding hydrogens is 410 g/mol. The summed E-state index contributed by atoms with van der Waals surface area (Å²) < 4.78 is 5.75. The van der Waals surface area contributed by atoms with Crippen molar-refractivity contribution in [2.45, 2.75) is 65.1 Å². The molecule has 174 valence electrons. The highest BCUT2D eigenvalue weighted by Gasteiger charge is 2.22. The van der Waals surface area contributed by atoms with Gasteiger partial charge in [0.25, 0.3) is 5.91 Å². The number of hydrogen-bond donors (Lipinski definition) is 0. The molecule has 1 amide bonds. The molecule has 0 N–H and O–H groups in total. The van der Waals surface area contributed by atoms with E-state index in [-0.39, 0.29) is 11.3 Å². The number of piperidine rings is 1. The quantitative estimate of drug-likeness (QED) is 0.461. The third-order valence-corrected chi connectivity index (χ3v) is 6.25. The van der Waals surface area contributed by atoms with Crippen LogP contribution in [0, 0.1) is 0 Å². The van der Waals surface area contributed by atoms with Gasteiger partial charge in [-0.3, -0.25) is 9.69 Å². The van der Waals surface area contributed by atoms with Gasteiger partial charge in [-0.05, 0) is 41.4 Å². The van der Waals surface area contributed by atoms with Crippen LogP contribution in [-0.2, 0) is 25.0 Å².